The lowest BCUT2D eigenvalue weighted by Crippen LogP contribution is -2.49. The standard InChI is InChI=1S/C18H22N2O3/c1-13-5-3-6-14(19-13)8-11-18(22)10-4-7-16-15(18)9-12-20(16)17(21)23-2/h3,5-6,15-16,22H,4,7,9-10,12H2,1-2H3/t15-,16-,18-/m1/s1. The zero-order valence-corrected chi connectivity index (χ0v) is 13.6. The van der Waals surface area contributed by atoms with Crippen LogP contribution in [0, 0.1) is 24.7 Å². The second-order valence-corrected chi connectivity index (χ2v) is 6.36. The molecule has 1 saturated heterocycles. The third-order valence-electron chi connectivity index (χ3n) is 4.92. The van der Waals surface area contributed by atoms with E-state index in [2.05, 4.69) is 16.8 Å². The first-order chi connectivity index (χ1) is 11.0. The maximum absolute atomic E-state index is 11.9. The molecule has 1 aliphatic carbocycles. The van der Waals surface area contributed by atoms with Gasteiger partial charge in [-0.25, -0.2) is 9.78 Å². The Balaban J connectivity index is 1.83. The van der Waals surface area contributed by atoms with Gasteiger partial charge in [-0.2, -0.15) is 0 Å². The van der Waals surface area contributed by atoms with Crippen LogP contribution in [-0.4, -0.2) is 46.4 Å². The summed E-state index contributed by atoms with van der Waals surface area (Å²) in [5, 5.41) is 11.1. The molecule has 122 valence electrons. The van der Waals surface area contributed by atoms with E-state index >= 15 is 0 Å². The summed E-state index contributed by atoms with van der Waals surface area (Å²) in [6.45, 7) is 2.54. The van der Waals surface area contributed by atoms with Gasteiger partial charge in [-0.3, -0.25) is 0 Å². The van der Waals surface area contributed by atoms with E-state index in [1.54, 1.807) is 4.90 Å². The predicted molar refractivity (Wildman–Crippen MR) is 85.7 cm³/mol. The van der Waals surface area contributed by atoms with Crippen LogP contribution in [0.4, 0.5) is 4.79 Å². The molecule has 0 radical (unpaired) electrons. The number of hydrogen-bond donors (Lipinski definition) is 1. The number of likely N-dealkylation sites (tertiary alicyclic amines) is 1. The molecule has 1 N–H and O–H groups in total. The number of fused-ring (bicyclic) bond motifs is 1. The number of pyridine rings is 1. The first-order valence-electron chi connectivity index (χ1n) is 8.07. The van der Waals surface area contributed by atoms with E-state index in [4.69, 9.17) is 4.74 Å². The number of rotatable bonds is 0. The molecule has 23 heavy (non-hydrogen) atoms. The number of methoxy groups -OCH3 is 1. The number of aliphatic hydroxyl groups is 1. The predicted octanol–water partition coefficient (Wildman–Crippen LogP) is 2.11. The molecule has 0 unspecified atom stereocenters. The fraction of sp³-hybridized carbons (Fsp3) is 0.556. The molecule has 2 aliphatic rings. The molecule has 0 spiro atoms. The molecule has 1 aromatic heterocycles. The van der Waals surface area contributed by atoms with Crippen molar-refractivity contribution in [2.45, 2.75) is 44.2 Å². The van der Waals surface area contributed by atoms with Gasteiger partial charge in [0, 0.05) is 24.2 Å². The summed E-state index contributed by atoms with van der Waals surface area (Å²) in [6, 6.07) is 5.69. The summed E-state index contributed by atoms with van der Waals surface area (Å²) < 4.78 is 4.85. The van der Waals surface area contributed by atoms with Gasteiger partial charge in [0.15, 0.2) is 0 Å². The van der Waals surface area contributed by atoms with Crippen molar-refractivity contribution in [3.63, 3.8) is 0 Å². The summed E-state index contributed by atoms with van der Waals surface area (Å²) in [6.07, 6.45) is 2.83. The molecule has 2 fully saturated rings. The Morgan fingerprint density at radius 3 is 3.04 bits per heavy atom. The van der Waals surface area contributed by atoms with Crippen molar-refractivity contribution in [3.8, 4) is 11.8 Å². The van der Waals surface area contributed by atoms with Crippen molar-refractivity contribution in [2.24, 2.45) is 5.92 Å². The monoisotopic (exact) mass is 314 g/mol. The summed E-state index contributed by atoms with van der Waals surface area (Å²) in [4.78, 5) is 18.0. The van der Waals surface area contributed by atoms with Gasteiger partial charge in [0.05, 0.1) is 7.11 Å². The minimum atomic E-state index is -1.06. The number of amides is 1. The lowest BCUT2D eigenvalue weighted by molar-refractivity contribution is -0.0136. The van der Waals surface area contributed by atoms with E-state index in [0.717, 1.165) is 25.0 Å². The van der Waals surface area contributed by atoms with Crippen molar-refractivity contribution in [3.05, 3.63) is 29.6 Å². The van der Waals surface area contributed by atoms with Gasteiger partial charge < -0.3 is 14.7 Å². The largest absolute Gasteiger partial charge is 0.453 e. The van der Waals surface area contributed by atoms with Gasteiger partial charge >= 0.3 is 6.09 Å². The van der Waals surface area contributed by atoms with Gasteiger partial charge in [-0.15, -0.1) is 0 Å². The Morgan fingerprint density at radius 2 is 2.30 bits per heavy atom. The van der Waals surface area contributed by atoms with Crippen LogP contribution in [0.5, 0.6) is 0 Å². The number of hydrogen-bond acceptors (Lipinski definition) is 4. The maximum atomic E-state index is 11.9. The van der Waals surface area contributed by atoms with Crippen LogP contribution in [0.1, 0.15) is 37.1 Å². The van der Waals surface area contributed by atoms with E-state index < -0.39 is 5.60 Å². The molecule has 1 saturated carbocycles. The lowest BCUT2D eigenvalue weighted by Gasteiger charge is -2.39. The van der Waals surface area contributed by atoms with Crippen molar-refractivity contribution >= 4 is 6.09 Å². The number of ether oxygens (including phenoxy) is 1. The molecule has 1 aromatic rings. The van der Waals surface area contributed by atoms with E-state index in [1.807, 2.05) is 25.1 Å². The summed E-state index contributed by atoms with van der Waals surface area (Å²) >= 11 is 0. The zero-order valence-electron chi connectivity index (χ0n) is 13.6. The molecular formula is C18H22N2O3. The first-order valence-corrected chi connectivity index (χ1v) is 8.07. The fourth-order valence-corrected chi connectivity index (χ4v) is 3.82. The highest BCUT2D eigenvalue weighted by Crippen LogP contribution is 2.42. The third kappa shape index (κ3) is 3.04. The highest BCUT2D eigenvalue weighted by molar-refractivity contribution is 5.68. The number of carbonyl (C=O) groups excluding carboxylic acids is 1. The van der Waals surface area contributed by atoms with Crippen LogP contribution >= 0.6 is 0 Å². The van der Waals surface area contributed by atoms with Crippen LogP contribution in [0.3, 0.4) is 0 Å². The Morgan fingerprint density at radius 1 is 1.48 bits per heavy atom. The zero-order chi connectivity index (χ0) is 16.4. The Kier molecular flexibility index (Phi) is 4.27. The van der Waals surface area contributed by atoms with Crippen molar-refractivity contribution < 1.29 is 14.6 Å². The van der Waals surface area contributed by atoms with Gasteiger partial charge in [0.1, 0.15) is 11.3 Å². The number of aryl methyl sites for hydroxylation is 1. The van der Waals surface area contributed by atoms with E-state index in [-0.39, 0.29) is 18.1 Å². The van der Waals surface area contributed by atoms with Gasteiger partial charge in [0.2, 0.25) is 0 Å². The molecule has 0 bridgehead atoms. The molecule has 0 aromatic carbocycles. The van der Waals surface area contributed by atoms with Gasteiger partial charge in [-0.1, -0.05) is 12.0 Å². The van der Waals surface area contributed by atoms with Crippen molar-refractivity contribution in [1.82, 2.24) is 9.88 Å². The Bertz CT molecular complexity index is 664. The molecule has 3 rings (SSSR count). The van der Waals surface area contributed by atoms with Crippen LogP contribution in [0.2, 0.25) is 0 Å². The van der Waals surface area contributed by atoms with Gasteiger partial charge in [-0.05, 0) is 50.7 Å². The van der Waals surface area contributed by atoms with Crippen molar-refractivity contribution in [1.29, 1.82) is 0 Å². The molecule has 1 amide bonds. The average Bonchev–Trinajstić information content (AvgIpc) is 2.98. The second kappa shape index (κ2) is 6.21. The van der Waals surface area contributed by atoms with Crippen LogP contribution < -0.4 is 0 Å². The fourth-order valence-electron chi connectivity index (χ4n) is 3.82. The number of nitrogens with zero attached hydrogens (tertiary/aromatic N) is 2. The summed E-state index contributed by atoms with van der Waals surface area (Å²) in [5.74, 6) is 6.05. The highest BCUT2D eigenvalue weighted by Gasteiger charge is 2.50. The normalized spacial score (nSPS) is 29.4. The molecule has 2 heterocycles. The minimum absolute atomic E-state index is 0.0148. The molecule has 5 nitrogen and oxygen atoms in total. The first kappa shape index (κ1) is 15.8. The Labute approximate surface area is 136 Å². The topological polar surface area (TPSA) is 62.7 Å². The van der Waals surface area contributed by atoms with Crippen molar-refractivity contribution in [2.75, 3.05) is 13.7 Å². The Hall–Kier alpha value is -2.06. The molecular weight excluding hydrogens is 292 g/mol. The van der Waals surface area contributed by atoms with E-state index in [9.17, 15) is 9.90 Å². The lowest BCUT2D eigenvalue weighted by atomic mass is 9.73. The number of carbonyl (C=O) groups is 1. The number of aromatic nitrogens is 1. The van der Waals surface area contributed by atoms with Crippen LogP contribution in [-0.2, 0) is 4.74 Å². The smallest absolute Gasteiger partial charge is 0.409 e. The molecule has 1 aliphatic heterocycles. The highest BCUT2D eigenvalue weighted by atomic mass is 16.5. The quantitative estimate of drug-likeness (QED) is 0.745. The van der Waals surface area contributed by atoms with E-state index in [1.165, 1.54) is 7.11 Å². The van der Waals surface area contributed by atoms with Gasteiger partial charge in [0.25, 0.3) is 0 Å². The van der Waals surface area contributed by atoms with Crippen LogP contribution in [0.15, 0.2) is 18.2 Å². The van der Waals surface area contributed by atoms with Crippen LogP contribution in [0.25, 0.3) is 0 Å². The summed E-state index contributed by atoms with van der Waals surface area (Å²) in [7, 11) is 1.40. The average molecular weight is 314 g/mol. The van der Waals surface area contributed by atoms with E-state index in [0.29, 0.717) is 18.7 Å². The summed E-state index contributed by atoms with van der Waals surface area (Å²) in [5.41, 5.74) is 0.517. The minimum Gasteiger partial charge on any atom is -0.453 e. The molecule has 3 atom stereocenters. The second-order valence-electron chi connectivity index (χ2n) is 6.36. The SMILES string of the molecule is COC(=O)N1CC[C@@H]2[C@H]1CCC[C@@]2(O)C#Cc1cccc(C)n1. The maximum Gasteiger partial charge on any atom is 0.409 e. The third-order valence-corrected chi connectivity index (χ3v) is 4.92. The molecule has 5 heteroatoms.